The molecule has 0 aliphatic carbocycles. The van der Waals surface area contributed by atoms with Crippen molar-refractivity contribution in [3.05, 3.63) is 56.2 Å². The highest BCUT2D eigenvalue weighted by Crippen LogP contribution is 2.27. The minimum absolute atomic E-state index is 0.0953. The molecule has 0 bridgehead atoms. The zero-order valence-electron chi connectivity index (χ0n) is 14.6. The van der Waals surface area contributed by atoms with Crippen LogP contribution in [-0.2, 0) is 11.3 Å². The zero-order valence-corrected chi connectivity index (χ0v) is 16.1. The van der Waals surface area contributed by atoms with E-state index in [1.165, 1.54) is 10.9 Å². The molecule has 0 fully saturated rings. The van der Waals surface area contributed by atoms with E-state index < -0.39 is 11.5 Å². The molecule has 0 radical (unpaired) electrons. The Bertz CT molecular complexity index is 1060. The summed E-state index contributed by atoms with van der Waals surface area (Å²) in [4.78, 5) is 29.1. The molecule has 7 nitrogen and oxygen atoms in total. The van der Waals surface area contributed by atoms with Gasteiger partial charge in [0.15, 0.2) is 0 Å². The van der Waals surface area contributed by atoms with E-state index in [0.29, 0.717) is 15.8 Å². The molecular formula is C18H16Cl2N2O5. The summed E-state index contributed by atoms with van der Waals surface area (Å²) in [5.41, 5.74) is -0.218. The molecule has 2 heterocycles. The summed E-state index contributed by atoms with van der Waals surface area (Å²) < 4.78 is 17.4. The van der Waals surface area contributed by atoms with Crippen molar-refractivity contribution in [3.8, 4) is 5.75 Å². The number of hydrogen-bond acceptors (Lipinski definition) is 6. The Balaban J connectivity index is 1.85. The van der Waals surface area contributed by atoms with Crippen LogP contribution in [0.3, 0.4) is 0 Å². The molecule has 3 aromatic rings. The lowest BCUT2D eigenvalue weighted by Crippen LogP contribution is -2.24. The van der Waals surface area contributed by atoms with Crippen LogP contribution in [0.4, 0.5) is 0 Å². The SMILES string of the molecule is CCOC(=O)c1c(C)oc2ncn(CCOc3ccc(Cl)cc3Cl)c(=O)c12. The second-order valence-corrected chi connectivity index (χ2v) is 6.44. The predicted octanol–water partition coefficient (Wildman–Crippen LogP) is 3.86. The van der Waals surface area contributed by atoms with Crippen molar-refractivity contribution in [2.24, 2.45) is 0 Å². The van der Waals surface area contributed by atoms with E-state index in [2.05, 4.69) is 4.98 Å². The molecule has 0 saturated heterocycles. The van der Waals surface area contributed by atoms with Gasteiger partial charge in [-0.05, 0) is 32.0 Å². The van der Waals surface area contributed by atoms with E-state index in [4.69, 9.17) is 37.1 Å². The number of carbonyl (C=O) groups excluding carboxylic acids is 1. The predicted molar refractivity (Wildman–Crippen MR) is 101 cm³/mol. The highest BCUT2D eigenvalue weighted by molar-refractivity contribution is 6.35. The van der Waals surface area contributed by atoms with Crippen molar-refractivity contribution in [1.29, 1.82) is 0 Å². The minimum Gasteiger partial charge on any atom is -0.490 e. The average Bonchev–Trinajstić information content (AvgIpc) is 2.96. The monoisotopic (exact) mass is 410 g/mol. The van der Waals surface area contributed by atoms with Crippen LogP contribution in [0.5, 0.6) is 5.75 Å². The number of ether oxygens (including phenoxy) is 2. The second kappa shape index (κ2) is 8.02. The van der Waals surface area contributed by atoms with E-state index in [0.717, 1.165) is 0 Å². The van der Waals surface area contributed by atoms with Crippen LogP contribution < -0.4 is 10.3 Å². The molecule has 0 spiro atoms. The summed E-state index contributed by atoms with van der Waals surface area (Å²) in [6.07, 6.45) is 1.34. The quantitative estimate of drug-likeness (QED) is 0.573. The summed E-state index contributed by atoms with van der Waals surface area (Å²) in [6.45, 7) is 3.83. The van der Waals surface area contributed by atoms with Crippen molar-refractivity contribution < 1.29 is 18.7 Å². The number of rotatable bonds is 6. The number of furan rings is 1. The fourth-order valence-electron chi connectivity index (χ4n) is 2.59. The van der Waals surface area contributed by atoms with Crippen LogP contribution in [0.15, 0.2) is 33.7 Å². The number of hydrogen-bond donors (Lipinski definition) is 0. The van der Waals surface area contributed by atoms with Gasteiger partial charge in [0.2, 0.25) is 5.71 Å². The Labute approximate surface area is 164 Å². The van der Waals surface area contributed by atoms with Crippen LogP contribution in [0.1, 0.15) is 23.0 Å². The molecule has 0 saturated carbocycles. The molecule has 27 heavy (non-hydrogen) atoms. The van der Waals surface area contributed by atoms with Crippen molar-refractivity contribution in [3.63, 3.8) is 0 Å². The fourth-order valence-corrected chi connectivity index (χ4v) is 3.06. The first-order valence-electron chi connectivity index (χ1n) is 8.16. The summed E-state index contributed by atoms with van der Waals surface area (Å²) in [6, 6.07) is 4.87. The number of aryl methyl sites for hydroxylation is 1. The Morgan fingerprint density at radius 2 is 2.11 bits per heavy atom. The number of carbonyl (C=O) groups is 1. The van der Waals surface area contributed by atoms with E-state index in [9.17, 15) is 9.59 Å². The second-order valence-electron chi connectivity index (χ2n) is 5.60. The van der Waals surface area contributed by atoms with Gasteiger partial charge in [0, 0.05) is 5.02 Å². The maximum atomic E-state index is 12.8. The number of nitrogens with zero attached hydrogens (tertiary/aromatic N) is 2. The molecule has 1 aromatic carbocycles. The molecule has 0 N–H and O–H groups in total. The zero-order chi connectivity index (χ0) is 19.6. The lowest BCUT2D eigenvalue weighted by molar-refractivity contribution is 0.0526. The third-order valence-electron chi connectivity index (χ3n) is 3.82. The first kappa shape index (κ1) is 19.3. The number of aromatic nitrogens is 2. The van der Waals surface area contributed by atoms with Gasteiger partial charge in [-0.2, -0.15) is 0 Å². The summed E-state index contributed by atoms with van der Waals surface area (Å²) >= 11 is 11.9. The Morgan fingerprint density at radius 3 is 2.81 bits per heavy atom. The van der Waals surface area contributed by atoms with Gasteiger partial charge in [0.05, 0.1) is 18.2 Å². The molecule has 2 aromatic heterocycles. The maximum Gasteiger partial charge on any atom is 0.342 e. The van der Waals surface area contributed by atoms with Crippen LogP contribution in [0.2, 0.25) is 10.0 Å². The first-order valence-corrected chi connectivity index (χ1v) is 8.91. The highest BCUT2D eigenvalue weighted by atomic mass is 35.5. The summed E-state index contributed by atoms with van der Waals surface area (Å²) in [7, 11) is 0. The third kappa shape index (κ3) is 3.94. The Hall–Kier alpha value is -2.51. The van der Waals surface area contributed by atoms with E-state index in [1.807, 2.05) is 0 Å². The van der Waals surface area contributed by atoms with Crippen LogP contribution in [-0.4, -0.2) is 28.7 Å². The normalized spacial score (nSPS) is 11.0. The van der Waals surface area contributed by atoms with Gasteiger partial charge < -0.3 is 13.9 Å². The van der Waals surface area contributed by atoms with Gasteiger partial charge in [0.1, 0.15) is 35.4 Å². The summed E-state index contributed by atoms with van der Waals surface area (Å²) in [5.74, 6) is 0.124. The molecule has 0 aliphatic rings. The first-order chi connectivity index (χ1) is 12.9. The van der Waals surface area contributed by atoms with Gasteiger partial charge in [0.25, 0.3) is 5.56 Å². The summed E-state index contributed by atoms with van der Waals surface area (Å²) in [5, 5.41) is 0.969. The van der Waals surface area contributed by atoms with Gasteiger partial charge in [-0.3, -0.25) is 9.36 Å². The lowest BCUT2D eigenvalue weighted by Gasteiger charge is -2.09. The topological polar surface area (TPSA) is 83.6 Å². The van der Waals surface area contributed by atoms with Crippen molar-refractivity contribution in [1.82, 2.24) is 9.55 Å². The van der Waals surface area contributed by atoms with Crippen LogP contribution >= 0.6 is 23.2 Å². The molecule has 0 unspecified atom stereocenters. The molecule has 0 atom stereocenters. The number of halogens is 2. The largest absolute Gasteiger partial charge is 0.490 e. The van der Waals surface area contributed by atoms with Gasteiger partial charge in [-0.15, -0.1) is 0 Å². The number of fused-ring (bicyclic) bond motifs is 1. The Kier molecular flexibility index (Phi) is 5.72. The van der Waals surface area contributed by atoms with Crippen molar-refractivity contribution >= 4 is 40.3 Å². The smallest absolute Gasteiger partial charge is 0.342 e. The van der Waals surface area contributed by atoms with Gasteiger partial charge in [-0.25, -0.2) is 9.78 Å². The fraction of sp³-hybridized carbons (Fsp3) is 0.278. The molecule has 0 aliphatic heterocycles. The van der Waals surface area contributed by atoms with E-state index in [-0.39, 0.29) is 42.2 Å². The number of benzene rings is 1. The van der Waals surface area contributed by atoms with Crippen LogP contribution in [0.25, 0.3) is 11.1 Å². The number of esters is 1. The van der Waals surface area contributed by atoms with Gasteiger partial charge >= 0.3 is 5.97 Å². The minimum atomic E-state index is -0.616. The Morgan fingerprint density at radius 1 is 1.33 bits per heavy atom. The van der Waals surface area contributed by atoms with E-state index in [1.54, 1.807) is 32.0 Å². The molecule has 0 amide bonds. The van der Waals surface area contributed by atoms with Crippen molar-refractivity contribution in [2.75, 3.05) is 13.2 Å². The lowest BCUT2D eigenvalue weighted by atomic mass is 10.2. The van der Waals surface area contributed by atoms with Crippen molar-refractivity contribution in [2.45, 2.75) is 20.4 Å². The maximum absolute atomic E-state index is 12.8. The average molecular weight is 411 g/mol. The van der Waals surface area contributed by atoms with Crippen LogP contribution in [0, 0.1) is 6.92 Å². The third-order valence-corrected chi connectivity index (χ3v) is 4.35. The van der Waals surface area contributed by atoms with E-state index >= 15 is 0 Å². The molecule has 142 valence electrons. The van der Waals surface area contributed by atoms with Gasteiger partial charge in [-0.1, -0.05) is 23.2 Å². The molecular weight excluding hydrogens is 395 g/mol. The molecule has 9 heteroatoms. The molecule has 3 rings (SSSR count). The standard InChI is InChI=1S/C18H16Cl2N2O5/c1-3-25-18(24)14-10(2)27-16-15(14)17(23)22(9-21-16)6-7-26-13-5-4-11(19)8-12(13)20/h4-5,8-9H,3,6-7H2,1-2H3. The highest BCUT2D eigenvalue weighted by Gasteiger charge is 2.23.